The molecule has 2 amide bonds. The van der Waals surface area contributed by atoms with Crippen LogP contribution in [0.3, 0.4) is 0 Å². The Labute approximate surface area is 201 Å². The van der Waals surface area contributed by atoms with Gasteiger partial charge in [-0.3, -0.25) is 4.79 Å². The smallest absolute Gasteiger partial charge is 0.407 e. The molecule has 1 saturated heterocycles. The predicted octanol–water partition coefficient (Wildman–Crippen LogP) is 5.69. The molecule has 1 N–H and O–H groups in total. The van der Waals surface area contributed by atoms with Gasteiger partial charge in [-0.1, -0.05) is 77.0 Å². The number of amides is 2. The lowest BCUT2D eigenvalue weighted by Crippen LogP contribution is -2.42. The van der Waals surface area contributed by atoms with E-state index in [9.17, 15) is 9.59 Å². The molecule has 33 heavy (non-hydrogen) atoms. The van der Waals surface area contributed by atoms with E-state index in [4.69, 9.17) is 9.47 Å². The second kappa shape index (κ2) is 14.2. The maximum absolute atomic E-state index is 12.3. The number of unbranched alkanes of at least 4 members (excludes halogenated alkanes) is 3. The third kappa shape index (κ3) is 8.45. The van der Waals surface area contributed by atoms with E-state index >= 15 is 0 Å². The Hall–Kier alpha value is -1.30. The number of rotatable bonds is 11. The Morgan fingerprint density at radius 2 is 1.67 bits per heavy atom. The SMILES string of the molecule is COC1CC(C)N(C(=O)CNC(=O)OCCCCCCC2CCCCC2C2CCCCC2)C1. The largest absolute Gasteiger partial charge is 0.450 e. The second-order valence-electron chi connectivity index (χ2n) is 10.8. The summed E-state index contributed by atoms with van der Waals surface area (Å²) >= 11 is 0. The van der Waals surface area contributed by atoms with Gasteiger partial charge in [0.15, 0.2) is 0 Å². The topological polar surface area (TPSA) is 67.9 Å². The third-order valence-electron chi connectivity index (χ3n) is 8.50. The summed E-state index contributed by atoms with van der Waals surface area (Å²) < 4.78 is 10.6. The summed E-state index contributed by atoms with van der Waals surface area (Å²) in [6.45, 7) is 3.03. The van der Waals surface area contributed by atoms with E-state index in [1.54, 1.807) is 12.0 Å². The Bertz CT molecular complexity index is 593. The Kier molecular flexibility index (Phi) is 11.3. The van der Waals surface area contributed by atoms with Crippen molar-refractivity contribution in [3.05, 3.63) is 0 Å². The summed E-state index contributed by atoms with van der Waals surface area (Å²) in [6.07, 6.45) is 19.5. The molecule has 0 bridgehead atoms. The van der Waals surface area contributed by atoms with E-state index in [1.807, 2.05) is 6.92 Å². The van der Waals surface area contributed by atoms with Gasteiger partial charge in [0.05, 0.1) is 12.7 Å². The molecule has 3 aliphatic rings. The van der Waals surface area contributed by atoms with Gasteiger partial charge in [0.2, 0.25) is 5.91 Å². The average molecular weight is 465 g/mol. The molecule has 1 heterocycles. The van der Waals surface area contributed by atoms with E-state index in [1.165, 1.54) is 77.0 Å². The first-order valence-electron chi connectivity index (χ1n) is 13.8. The maximum atomic E-state index is 12.3. The number of nitrogens with zero attached hydrogens (tertiary/aromatic N) is 1. The number of alkyl carbamates (subject to hydrolysis) is 1. The van der Waals surface area contributed by atoms with Crippen molar-refractivity contribution in [2.45, 2.75) is 115 Å². The summed E-state index contributed by atoms with van der Waals surface area (Å²) in [6, 6.07) is 0.145. The number of methoxy groups -OCH3 is 1. The van der Waals surface area contributed by atoms with Crippen molar-refractivity contribution in [3.63, 3.8) is 0 Å². The van der Waals surface area contributed by atoms with Gasteiger partial charge in [-0.15, -0.1) is 0 Å². The Morgan fingerprint density at radius 3 is 2.42 bits per heavy atom. The van der Waals surface area contributed by atoms with Crippen molar-refractivity contribution >= 4 is 12.0 Å². The van der Waals surface area contributed by atoms with Crippen molar-refractivity contribution in [2.24, 2.45) is 17.8 Å². The molecule has 0 aromatic heterocycles. The highest BCUT2D eigenvalue weighted by Crippen LogP contribution is 2.43. The zero-order chi connectivity index (χ0) is 23.5. The molecule has 190 valence electrons. The molecule has 4 atom stereocenters. The molecule has 2 aliphatic carbocycles. The molecule has 4 unspecified atom stereocenters. The van der Waals surface area contributed by atoms with Crippen LogP contribution in [-0.2, 0) is 14.3 Å². The fraction of sp³-hybridized carbons (Fsp3) is 0.926. The number of carbonyl (C=O) groups is 2. The second-order valence-corrected chi connectivity index (χ2v) is 10.8. The summed E-state index contributed by atoms with van der Waals surface area (Å²) in [5.74, 6) is 2.89. The van der Waals surface area contributed by atoms with Crippen molar-refractivity contribution in [1.82, 2.24) is 10.2 Å². The van der Waals surface area contributed by atoms with Gasteiger partial charge in [0, 0.05) is 19.7 Å². The molecule has 1 aliphatic heterocycles. The van der Waals surface area contributed by atoms with Crippen LogP contribution in [0.1, 0.15) is 103 Å². The fourth-order valence-corrected chi connectivity index (χ4v) is 6.61. The van der Waals surface area contributed by atoms with E-state index in [2.05, 4.69) is 5.32 Å². The molecule has 0 radical (unpaired) electrons. The minimum Gasteiger partial charge on any atom is -0.450 e. The minimum absolute atomic E-state index is 0.0108. The maximum Gasteiger partial charge on any atom is 0.407 e. The monoisotopic (exact) mass is 464 g/mol. The van der Waals surface area contributed by atoms with Crippen LogP contribution in [0, 0.1) is 17.8 Å². The van der Waals surface area contributed by atoms with Gasteiger partial charge in [0.25, 0.3) is 0 Å². The normalized spacial score (nSPS) is 28.6. The van der Waals surface area contributed by atoms with Crippen LogP contribution < -0.4 is 5.32 Å². The summed E-state index contributed by atoms with van der Waals surface area (Å²) in [4.78, 5) is 26.0. The summed E-state index contributed by atoms with van der Waals surface area (Å²) in [5, 5.41) is 2.60. The van der Waals surface area contributed by atoms with Crippen molar-refractivity contribution in [2.75, 3.05) is 26.8 Å². The van der Waals surface area contributed by atoms with Gasteiger partial charge in [-0.05, 0) is 43.9 Å². The first kappa shape index (κ1) is 26.3. The highest BCUT2D eigenvalue weighted by atomic mass is 16.5. The Balaban J connectivity index is 1.21. The van der Waals surface area contributed by atoms with Gasteiger partial charge in [-0.25, -0.2) is 4.79 Å². The third-order valence-corrected chi connectivity index (χ3v) is 8.50. The first-order valence-corrected chi connectivity index (χ1v) is 13.8. The number of hydrogen-bond donors (Lipinski definition) is 1. The standard InChI is InChI=1S/C27H48N2O4/c1-21-18-24(32-2)20-29(21)26(30)19-28-27(31)33-17-11-4-3-6-12-23-15-9-10-16-25(23)22-13-7-5-8-14-22/h21-25H,3-20H2,1-2H3,(H,28,31). The zero-order valence-corrected chi connectivity index (χ0v) is 21.2. The van der Waals surface area contributed by atoms with Crippen LogP contribution in [0.2, 0.25) is 0 Å². The van der Waals surface area contributed by atoms with Gasteiger partial charge >= 0.3 is 6.09 Å². The molecule has 0 spiro atoms. The fourth-order valence-electron chi connectivity index (χ4n) is 6.61. The molecule has 6 heteroatoms. The number of hydrogen-bond acceptors (Lipinski definition) is 4. The lowest BCUT2D eigenvalue weighted by atomic mass is 9.67. The van der Waals surface area contributed by atoms with Gasteiger partial charge < -0.3 is 19.7 Å². The molecule has 6 nitrogen and oxygen atoms in total. The molecular formula is C27H48N2O4. The molecule has 0 aromatic carbocycles. The van der Waals surface area contributed by atoms with Crippen LogP contribution in [0.4, 0.5) is 4.79 Å². The van der Waals surface area contributed by atoms with Crippen molar-refractivity contribution in [1.29, 1.82) is 0 Å². The lowest BCUT2D eigenvalue weighted by molar-refractivity contribution is -0.131. The molecule has 0 aromatic rings. The van der Waals surface area contributed by atoms with Crippen LogP contribution in [0.25, 0.3) is 0 Å². The summed E-state index contributed by atoms with van der Waals surface area (Å²) in [5.41, 5.74) is 0. The predicted molar refractivity (Wildman–Crippen MR) is 131 cm³/mol. The molecule has 2 saturated carbocycles. The minimum atomic E-state index is -0.490. The van der Waals surface area contributed by atoms with Crippen LogP contribution in [0.15, 0.2) is 0 Å². The first-order chi connectivity index (χ1) is 16.1. The Morgan fingerprint density at radius 1 is 0.939 bits per heavy atom. The van der Waals surface area contributed by atoms with E-state index in [0.29, 0.717) is 13.2 Å². The number of carbonyl (C=O) groups excluding carboxylic acids is 2. The van der Waals surface area contributed by atoms with Crippen LogP contribution in [-0.4, -0.2) is 55.9 Å². The highest BCUT2D eigenvalue weighted by molar-refractivity contribution is 5.82. The quantitative estimate of drug-likeness (QED) is 0.399. The number of ether oxygens (including phenoxy) is 2. The van der Waals surface area contributed by atoms with Crippen molar-refractivity contribution < 1.29 is 19.1 Å². The van der Waals surface area contributed by atoms with Gasteiger partial charge in [0.1, 0.15) is 6.54 Å². The molecule has 3 fully saturated rings. The number of likely N-dealkylation sites (tertiary alicyclic amines) is 1. The lowest BCUT2D eigenvalue weighted by Gasteiger charge is -2.39. The van der Waals surface area contributed by atoms with E-state index < -0.39 is 6.09 Å². The van der Waals surface area contributed by atoms with Gasteiger partial charge in [-0.2, -0.15) is 0 Å². The number of nitrogens with one attached hydrogen (secondary N) is 1. The molecule has 3 rings (SSSR count). The van der Waals surface area contributed by atoms with E-state index in [0.717, 1.165) is 37.0 Å². The zero-order valence-electron chi connectivity index (χ0n) is 21.2. The average Bonchev–Trinajstić information content (AvgIpc) is 3.23. The summed E-state index contributed by atoms with van der Waals surface area (Å²) in [7, 11) is 1.67. The highest BCUT2D eigenvalue weighted by Gasteiger charge is 2.33. The van der Waals surface area contributed by atoms with Crippen LogP contribution >= 0.6 is 0 Å². The molecular weight excluding hydrogens is 416 g/mol. The van der Waals surface area contributed by atoms with E-state index in [-0.39, 0.29) is 24.6 Å². The van der Waals surface area contributed by atoms with Crippen LogP contribution in [0.5, 0.6) is 0 Å². The van der Waals surface area contributed by atoms with Crippen molar-refractivity contribution in [3.8, 4) is 0 Å².